The Morgan fingerprint density at radius 3 is 3.20 bits per heavy atom. The average Bonchev–Trinajstić information content (AvgIpc) is 2.60. The van der Waals surface area contributed by atoms with Gasteiger partial charge in [0.25, 0.3) is 0 Å². The van der Waals surface area contributed by atoms with E-state index in [2.05, 4.69) is 10.1 Å². The first-order chi connectivity index (χ1) is 7.20. The number of imidazole rings is 1. The highest BCUT2D eigenvalue weighted by molar-refractivity contribution is 5.87. The zero-order chi connectivity index (χ0) is 10.8. The molecule has 0 aromatic carbocycles. The third-order valence-electron chi connectivity index (χ3n) is 1.83. The van der Waals surface area contributed by atoms with Gasteiger partial charge in [0.15, 0.2) is 11.3 Å². The summed E-state index contributed by atoms with van der Waals surface area (Å²) in [4.78, 5) is 15.4. The largest absolute Gasteiger partial charge is 0.461 e. The lowest BCUT2D eigenvalue weighted by Gasteiger charge is -1.94. The van der Waals surface area contributed by atoms with Crippen LogP contribution in [0, 0.1) is 0 Å². The van der Waals surface area contributed by atoms with Gasteiger partial charge in [0.1, 0.15) is 0 Å². The van der Waals surface area contributed by atoms with Gasteiger partial charge in [-0.2, -0.15) is 5.10 Å². The summed E-state index contributed by atoms with van der Waals surface area (Å²) in [6.45, 7) is 2.06. The van der Waals surface area contributed by atoms with Gasteiger partial charge in [-0.25, -0.2) is 14.3 Å². The normalized spacial score (nSPS) is 10.5. The van der Waals surface area contributed by atoms with Gasteiger partial charge in [0, 0.05) is 6.07 Å². The highest BCUT2D eigenvalue weighted by Crippen LogP contribution is 2.07. The number of carbonyl (C=O) groups excluding carboxylic acids is 1. The van der Waals surface area contributed by atoms with E-state index < -0.39 is 5.97 Å². The fourth-order valence-electron chi connectivity index (χ4n) is 1.19. The van der Waals surface area contributed by atoms with Crippen LogP contribution in [-0.4, -0.2) is 27.2 Å². The van der Waals surface area contributed by atoms with Crippen molar-refractivity contribution in [3.63, 3.8) is 0 Å². The van der Waals surface area contributed by atoms with Crippen LogP contribution in [0.3, 0.4) is 0 Å². The third-order valence-corrected chi connectivity index (χ3v) is 1.83. The minimum atomic E-state index is -0.457. The van der Waals surface area contributed by atoms with Gasteiger partial charge in [-0.05, 0) is 6.92 Å². The molecular formula is C9H10N4O2. The minimum absolute atomic E-state index is 0.231. The van der Waals surface area contributed by atoms with E-state index in [0.29, 0.717) is 17.9 Å². The topological polar surface area (TPSA) is 82.5 Å². The Morgan fingerprint density at radius 1 is 1.67 bits per heavy atom. The minimum Gasteiger partial charge on any atom is -0.461 e. The second kappa shape index (κ2) is 3.56. The smallest absolute Gasteiger partial charge is 0.358 e. The molecule has 0 spiro atoms. The first-order valence-electron chi connectivity index (χ1n) is 4.48. The van der Waals surface area contributed by atoms with Crippen molar-refractivity contribution in [2.45, 2.75) is 6.92 Å². The van der Waals surface area contributed by atoms with Crippen molar-refractivity contribution in [3.8, 4) is 0 Å². The Hall–Kier alpha value is -2.11. The van der Waals surface area contributed by atoms with E-state index in [-0.39, 0.29) is 5.69 Å². The van der Waals surface area contributed by atoms with Crippen LogP contribution in [0.25, 0.3) is 5.65 Å². The number of aromatic nitrogens is 3. The van der Waals surface area contributed by atoms with E-state index in [1.54, 1.807) is 13.0 Å². The predicted molar refractivity (Wildman–Crippen MR) is 53.4 cm³/mol. The van der Waals surface area contributed by atoms with Crippen LogP contribution >= 0.6 is 0 Å². The monoisotopic (exact) mass is 206 g/mol. The van der Waals surface area contributed by atoms with Crippen LogP contribution in [0.1, 0.15) is 17.4 Å². The SMILES string of the molecule is CCOC(=O)c1cn2ncc(N)cc2n1. The van der Waals surface area contributed by atoms with Gasteiger partial charge < -0.3 is 10.5 Å². The quantitative estimate of drug-likeness (QED) is 0.723. The standard InChI is InChI=1S/C9H10N4O2/c1-2-15-9(14)7-5-13-8(12-7)3-6(10)4-11-13/h3-5H,2,10H2,1H3. The van der Waals surface area contributed by atoms with E-state index in [9.17, 15) is 4.79 Å². The lowest BCUT2D eigenvalue weighted by molar-refractivity contribution is 0.0520. The van der Waals surface area contributed by atoms with Crippen LogP contribution in [0.15, 0.2) is 18.5 Å². The molecular weight excluding hydrogens is 196 g/mol. The van der Waals surface area contributed by atoms with Crippen LogP contribution in [0.5, 0.6) is 0 Å². The fourth-order valence-corrected chi connectivity index (χ4v) is 1.19. The molecule has 0 aliphatic carbocycles. The summed E-state index contributed by atoms with van der Waals surface area (Å²) in [6.07, 6.45) is 3.00. The summed E-state index contributed by atoms with van der Waals surface area (Å²) in [5.41, 5.74) is 6.80. The first-order valence-corrected chi connectivity index (χ1v) is 4.48. The number of rotatable bonds is 2. The van der Waals surface area contributed by atoms with E-state index >= 15 is 0 Å². The number of esters is 1. The number of ether oxygens (including phenoxy) is 1. The molecule has 78 valence electrons. The molecule has 0 aliphatic rings. The molecule has 0 aliphatic heterocycles. The van der Waals surface area contributed by atoms with Crippen molar-refractivity contribution in [3.05, 3.63) is 24.2 Å². The summed E-state index contributed by atoms with van der Waals surface area (Å²) in [6, 6.07) is 1.63. The van der Waals surface area contributed by atoms with Gasteiger partial charge in [0.2, 0.25) is 0 Å². The molecule has 6 nitrogen and oxygen atoms in total. The number of nitrogens with two attached hydrogens (primary N) is 1. The number of carbonyl (C=O) groups is 1. The predicted octanol–water partition coefficient (Wildman–Crippen LogP) is 0.488. The number of nitrogens with zero attached hydrogens (tertiary/aromatic N) is 3. The van der Waals surface area contributed by atoms with Gasteiger partial charge >= 0.3 is 5.97 Å². The Kier molecular flexibility index (Phi) is 2.24. The van der Waals surface area contributed by atoms with E-state index in [0.717, 1.165) is 0 Å². The second-order valence-corrected chi connectivity index (χ2v) is 2.94. The molecule has 0 saturated heterocycles. The summed E-state index contributed by atoms with van der Waals surface area (Å²) in [7, 11) is 0. The van der Waals surface area contributed by atoms with Crippen LogP contribution < -0.4 is 5.73 Å². The fraction of sp³-hybridized carbons (Fsp3) is 0.222. The van der Waals surface area contributed by atoms with Crippen molar-refractivity contribution in [1.82, 2.24) is 14.6 Å². The van der Waals surface area contributed by atoms with Crippen molar-refractivity contribution in [1.29, 1.82) is 0 Å². The van der Waals surface area contributed by atoms with E-state index in [1.807, 2.05) is 0 Å². The van der Waals surface area contributed by atoms with Crippen molar-refractivity contribution < 1.29 is 9.53 Å². The number of fused-ring (bicyclic) bond motifs is 1. The highest BCUT2D eigenvalue weighted by atomic mass is 16.5. The molecule has 2 aromatic rings. The molecule has 0 amide bonds. The van der Waals surface area contributed by atoms with Gasteiger partial charge in [-0.15, -0.1) is 0 Å². The zero-order valence-electron chi connectivity index (χ0n) is 8.17. The molecule has 0 fully saturated rings. The summed E-state index contributed by atoms with van der Waals surface area (Å²) >= 11 is 0. The summed E-state index contributed by atoms with van der Waals surface area (Å²) in [5.74, 6) is -0.457. The summed E-state index contributed by atoms with van der Waals surface area (Å²) < 4.78 is 6.29. The summed E-state index contributed by atoms with van der Waals surface area (Å²) in [5, 5.41) is 3.97. The number of anilines is 1. The number of nitrogen functional groups attached to an aromatic ring is 1. The Morgan fingerprint density at radius 2 is 2.47 bits per heavy atom. The highest BCUT2D eigenvalue weighted by Gasteiger charge is 2.11. The number of hydrogen-bond donors (Lipinski definition) is 1. The van der Waals surface area contributed by atoms with Crippen LogP contribution in [0.4, 0.5) is 5.69 Å². The lowest BCUT2D eigenvalue weighted by Crippen LogP contribution is -2.04. The maximum Gasteiger partial charge on any atom is 0.358 e. The van der Waals surface area contributed by atoms with E-state index in [1.165, 1.54) is 16.9 Å². The Bertz CT molecular complexity index is 506. The molecule has 2 N–H and O–H groups in total. The molecule has 0 radical (unpaired) electrons. The molecule has 2 rings (SSSR count). The van der Waals surface area contributed by atoms with Crippen LogP contribution in [-0.2, 0) is 4.74 Å². The van der Waals surface area contributed by atoms with E-state index in [4.69, 9.17) is 10.5 Å². The molecule has 6 heteroatoms. The Labute approximate surface area is 85.7 Å². The van der Waals surface area contributed by atoms with Gasteiger partial charge in [-0.1, -0.05) is 0 Å². The van der Waals surface area contributed by atoms with Crippen molar-refractivity contribution in [2.75, 3.05) is 12.3 Å². The molecule has 2 aromatic heterocycles. The maximum atomic E-state index is 11.3. The molecule has 0 bridgehead atoms. The zero-order valence-corrected chi connectivity index (χ0v) is 8.17. The Balaban J connectivity index is 2.42. The molecule has 15 heavy (non-hydrogen) atoms. The van der Waals surface area contributed by atoms with Crippen molar-refractivity contribution in [2.24, 2.45) is 0 Å². The van der Waals surface area contributed by atoms with Crippen LogP contribution in [0.2, 0.25) is 0 Å². The second-order valence-electron chi connectivity index (χ2n) is 2.94. The molecule has 0 atom stereocenters. The average molecular weight is 206 g/mol. The van der Waals surface area contributed by atoms with Gasteiger partial charge in [0.05, 0.1) is 24.7 Å². The molecule has 2 heterocycles. The van der Waals surface area contributed by atoms with Crippen molar-refractivity contribution >= 4 is 17.3 Å². The molecule has 0 unspecified atom stereocenters. The molecule has 0 saturated carbocycles. The maximum absolute atomic E-state index is 11.3. The number of hydrogen-bond acceptors (Lipinski definition) is 5. The third kappa shape index (κ3) is 1.74. The lowest BCUT2D eigenvalue weighted by atomic mass is 10.5. The van der Waals surface area contributed by atoms with Gasteiger partial charge in [-0.3, -0.25) is 0 Å². The first kappa shape index (κ1) is 9.45.